The van der Waals surface area contributed by atoms with Crippen LogP contribution < -0.4 is 0 Å². The van der Waals surface area contributed by atoms with Crippen molar-refractivity contribution in [3.63, 3.8) is 0 Å². The summed E-state index contributed by atoms with van der Waals surface area (Å²) < 4.78 is 31.7. The van der Waals surface area contributed by atoms with Gasteiger partial charge < -0.3 is 9.84 Å². The summed E-state index contributed by atoms with van der Waals surface area (Å²) in [4.78, 5) is 10.8. The van der Waals surface area contributed by atoms with E-state index in [1.807, 2.05) is 0 Å². The first-order valence-corrected chi connectivity index (χ1v) is 8.47. The van der Waals surface area contributed by atoms with Crippen LogP contribution in [0.2, 0.25) is 0 Å². The molecule has 0 aromatic heterocycles. The third-order valence-electron chi connectivity index (χ3n) is 2.37. The fourth-order valence-electron chi connectivity index (χ4n) is 1.45. The molecule has 1 rings (SSSR count). The summed E-state index contributed by atoms with van der Waals surface area (Å²) in [5.74, 6) is -1.22. The average molecular weight is 431 g/mol. The van der Waals surface area contributed by atoms with Crippen LogP contribution in [-0.2, 0) is 19.6 Å². The number of nitrogens with zero attached hydrogens (tertiary/aromatic N) is 1. The van der Waals surface area contributed by atoms with Crippen molar-refractivity contribution in [3.05, 3.63) is 27.1 Å². The van der Waals surface area contributed by atoms with Gasteiger partial charge in [0.15, 0.2) is 0 Å². The molecule has 1 aromatic rings. The Balaban J connectivity index is 3.17. The molecule has 0 saturated carbocycles. The first-order valence-electron chi connectivity index (χ1n) is 5.45. The molecule has 0 fully saturated rings. The van der Waals surface area contributed by atoms with Gasteiger partial charge in [-0.3, -0.25) is 4.79 Å². The van der Waals surface area contributed by atoms with Crippen LogP contribution in [0.1, 0.15) is 0 Å². The van der Waals surface area contributed by atoms with Crippen molar-refractivity contribution in [2.24, 2.45) is 0 Å². The number of aliphatic carboxylic acids is 1. The van der Waals surface area contributed by atoms with E-state index in [0.29, 0.717) is 8.95 Å². The molecule has 0 aliphatic rings. The summed E-state index contributed by atoms with van der Waals surface area (Å²) in [5, 5.41) is 8.84. The lowest BCUT2D eigenvalue weighted by atomic mass is 10.4. The first kappa shape index (κ1) is 17.6. The van der Waals surface area contributed by atoms with Crippen LogP contribution in [-0.4, -0.2) is 50.6 Å². The number of hydrogen-bond acceptors (Lipinski definition) is 4. The lowest BCUT2D eigenvalue weighted by Gasteiger charge is -2.20. The van der Waals surface area contributed by atoms with Gasteiger partial charge in [0.2, 0.25) is 10.0 Å². The van der Waals surface area contributed by atoms with E-state index in [1.165, 1.54) is 13.2 Å². The summed E-state index contributed by atoms with van der Waals surface area (Å²) in [6.45, 7) is -0.539. The van der Waals surface area contributed by atoms with Gasteiger partial charge in [0.05, 0.1) is 11.5 Å². The van der Waals surface area contributed by atoms with E-state index in [9.17, 15) is 13.2 Å². The molecule has 0 aliphatic heterocycles. The highest BCUT2D eigenvalue weighted by Gasteiger charge is 2.28. The molecule has 0 atom stereocenters. The van der Waals surface area contributed by atoms with Crippen LogP contribution in [0.25, 0.3) is 0 Å². The smallest absolute Gasteiger partial charge is 0.318 e. The predicted octanol–water partition coefficient (Wildman–Crippen LogP) is 1.93. The zero-order chi connectivity index (χ0) is 15.3. The quantitative estimate of drug-likeness (QED) is 0.714. The van der Waals surface area contributed by atoms with E-state index in [1.54, 1.807) is 12.1 Å². The van der Waals surface area contributed by atoms with Gasteiger partial charge in [0.1, 0.15) is 6.54 Å². The van der Waals surface area contributed by atoms with Crippen LogP contribution in [0.5, 0.6) is 0 Å². The zero-order valence-corrected chi connectivity index (χ0v) is 14.5. The van der Waals surface area contributed by atoms with Crippen LogP contribution in [0.4, 0.5) is 0 Å². The van der Waals surface area contributed by atoms with Gasteiger partial charge in [-0.2, -0.15) is 4.31 Å². The molecule has 1 aromatic carbocycles. The van der Waals surface area contributed by atoms with Gasteiger partial charge >= 0.3 is 5.97 Å². The fraction of sp³-hybridized carbons (Fsp3) is 0.364. The molecule has 0 aliphatic carbocycles. The lowest BCUT2D eigenvalue weighted by molar-refractivity contribution is -0.137. The number of sulfonamides is 1. The molecule has 1 N–H and O–H groups in total. The average Bonchev–Trinajstić information content (AvgIpc) is 2.33. The van der Waals surface area contributed by atoms with E-state index in [-0.39, 0.29) is 18.0 Å². The molecule has 112 valence electrons. The normalized spacial score (nSPS) is 11.8. The second-order valence-electron chi connectivity index (χ2n) is 3.80. The predicted molar refractivity (Wildman–Crippen MR) is 80.1 cm³/mol. The Morgan fingerprint density at radius 3 is 2.55 bits per heavy atom. The first-order chi connectivity index (χ1) is 9.28. The number of carbonyl (C=O) groups is 1. The van der Waals surface area contributed by atoms with Crippen molar-refractivity contribution in [1.82, 2.24) is 4.31 Å². The Labute approximate surface area is 134 Å². The van der Waals surface area contributed by atoms with Gasteiger partial charge in [-0.05, 0) is 34.1 Å². The molecule has 0 amide bonds. The maximum Gasteiger partial charge on any atom is 0.318 e. The number of methoxy groups -OCH3 is 1. The topological polar surface area (TPSA) is 83.9 Å². The number of rotatable bonds is 7. The summed E-state index contributed by atoms with van der Waals surface area (Å²) in [5.41, 5.74) is 0. The molecule has 6 nitrogen and oxygen atoms in total. The molecule has 0 radical (unpaired) electrons. The van der Waals surface area contributed by atoms with E-state index in [4.69, 9.17) is 9.84 Å². The highest BCUT2D eigenvalue weighted by atomic mass is 79.9. The minimum Gasteiger partial charge on any atom is -0.480 e. The highest BCUT2D eigenvalue weighted by Crippen LogP contribution is 2.28. The number of carboxylic acids is 1. The Morgan fingerprint density at radius 1 is 1.40 bits per heavy atom. The maximum atomic E-state index is 12.5. The van der Waals surface area contributed by atoms with Gasteiger partial charge in [-0.25, -0.2) is 8.42 Å². The minimum atomic E-state index is -3.91. The van der Waals surface area contributed by atoms with Crippen LogP contribution in [0.3, 0.4) is 0 Å². The second kappa shape index (κ2) is 7.51. The maximum absolute atomic E-state index is 12.5. The zero-order valence-electron chi connectivity index (χ0n) is 10.5. The highest BCUT2D eigenvalue weighted by molar-refractivity contribution is 9.11. The lowest BCUT2D eigenvalue weighted by Crippen LogP contribution is -2.38. The van der Waals surface area contributed by atoms with Gasteiger partial charge in [0, 0.05) is 22.6 Å². The summed E-state index contributed by atoms with van der Waals surface area (Å²) in [7, 11) is -2.49. The van der Waals surface area contributed by atoms with Crippen LogP contribution in [0.15, 0.2) is 32.0 Å². The molecule has 20 heavy (non-hydrogen) atoms. The number of benzene rings is 1. The van der Waals surface area contributed by atoms with Gasteiger partial charge in [-0.1, -0.05) is 15.9 Å². The monoisotopic (exact) mass is 429 g/mol. The van der Waals surface area contributed by atoms with Crippen molar-refractivity contribution >= 4 is 47.9 Å². The van der Waals surface area contributed by atoms with Crippen molar-refractivity contribution in [3.8, 4) is 0 Å². The van der Waals surface area contributed by atoms with Crippen molar-refractivity contribution in [2.45, 2.75) is 4.90 Å². The minimum absolute atomic E-state index is 0.0121. The fourth-order valence-corrected chi connectivity index (χ4v) is 4.53. The molecule has 9 heteroatoms. The summed E-state index contributed by atoms with van der Waals surface area (Å²) >= 11 is 6.40. The molecule has 0 bridgehead atoms. The Kier molecular flexibility index (Phi) is 6.59. The number of ether oxygens (including phenoxy) is 1. The Bertz CT molecular complexity index is 590. The molecule has 0 saturated heterocycles. The van der Waals surface area contributed by atoms with Crippen LogP contribution in [0, 0.1) is 0 Å². The third kappa shape index (κ3) is 4.52. The van der Waals surface area contributed by atoms with Crippen molar-refractivity contribution < 1.29 is 23.1 Å². The molecule has 0 unspecified atom stereocenters. The molecular formula is C11H13Br2NO5S. The Morgan fingerprint density at radius 2 is 2.05 bits per heavy atom. The van der Waals surface area contributed by atoms with E-state index >= 15 is 0 Å². The van der Waals surface area contributed by atoms with Gasteiger partial charge in [0.25, 0.3) is 0 Å². The molecule has 0 heterocycles. The van der Waals surface area contributed by atoms with E-state index < -0.39 is 22.5 Å². The van der Waals surface area contributed by atoms with Crippen molar-refractivity contribution in [2.75, 3.05) is 26.8 Å². The summed E-state index contributed by atoms with van der Waals surface area (Å²) in [6, 6.07) is 4.57. The largest absolute Gasteiger partial charge is 0.480 e. The third-order valence-corrected chi connectivity index (χ3v) is 5.68. The number of halogens is 2. The van der Waals surface area contributed by atoms with E-state index in [2.05, 4.69) is 31.9 Å². The van der Waals surface area contributed by atoms with Gasteiger partial charge in [-0.15, -0.1) is 0 Å². The van der Waals surface area contributed by atoms with Crippen LogP contribution >= 0.6 is 31.9 Å². The molecular weight excluding hydrogens is 418 g/mol. The van der Waals surface area contributed by atoms with Crippen molar-refractivity contribution in [1.29, 1.82) is 0 Å². The Hall–Kier alpha value is -0.480. The SMILES string of the molecule is COCCN(CC(=O)O)S(=O)(=O)c1ccc(Br)cc1Br. The number of carboxylic acid groups (broad SMARTS) is 1. The number of hydrogen-bond donors (Lipinski definition) is 1. The summed E-state index contributed by atoms with van der Waals surface area (Å²) in [6.07, 6.45) is 0. The standard InChI is InChI=1S/C11H13Br2NO5S/c1-19-5-4-14(7-11(15)16)20(17,18)10-3-2-8(12)6-9(10)13/h2-3,6H,4-5,7H2,1H3,(H,15,16). The molecule has 0 spiro atoms. The van der Waals surface area contributed by atoms with E-state index in [0.717, 1.165) is 4.31 Å². The second-order valence-corrected chi connectivity index (χ2v) is 7.48.